The molecule has 0 N–H and O–H groups in total. The summed E-state index contributed by atoms with van der Waals surface area (Å²) in [6.07, 6.45) is 2.26. The zero-order chi connectivity index (χ0) is 15.9. The fraction of sp³-hybridized carbons (Fsp3) is 0.929. The highest BCUT2D eigenvalue weighted by Crippen LogP contribution is 2.19. The smallest absolute Gasteiger partial charge is 0.305 e. The molecule has 0 aromatic carbocycles. The van der Waals surface area contributed by atoms with Crippen molar-refractivity contribution < 1.29 is 17.9 Å². The third-order valence-corrected chi connectivity index (χ3v) is 6.11. The molecule has 0 atom stereocenters. The SMILES string of the molecule is CCN(CC)C1CCN(S(=O)(=O)CCCC(=O)OC)CC1. The molecule has 7 heteroatoms. The fourth-order valence-electron chi connectivity index (χ4n) is 2.86. The van der Waals surface area contributed by atoms with Gasteiger partial charge < -0.3 is 9.64 Å². The molecule has 0 bridgehead atoms. The molecule has 124 valence electrons. The number of methoxy groups -OCH3 is 1. The van der Waals surface area contributed by atoms with Crippen LogP contribution >= 0.6 is 0 Å². The molecular formula is C14H28N2O4S. The third kappa shape index (κ3) is 5.56. The van der Waals surface area contributed by atoms with Crippen molar-refractivity contribution >= 4 is 16.0 Å². The van der Waals surface area contributed by atoms with E-state index in [9.17, 15) is 13.2 Å². The minimum absolute atomic E-state index is 0.0258. The maximum Gasteiger partial charge on any atom is 0.305 e. The molecule has 0 saturated carbocycles. The Labute approximate surface area is 128 Å². The van der Waals surface area contributed by atoms with Gasteiger partial charge in [0.25, 0.3) is 0 Å². The monoisotopic (exact) mass is 320 g/mol. The van der Waals surface area contributed by atoms with Gasteiger partial charge in [0.1, 0.15) is 0 Å². The second-order valence-electron chi connectivity index (χ2n) is 5.35. The number of hydrogen-bond donors (Lipinski definition) is 0. The van der Waals surface area contributed by atoms with Crippen LogP contribution in [0.25, 0.3) is 0 Å². The molecule has 21 heavy (non-hydrogen) atoms. The predicted octanol–water partition coefficient (Wildman–Crippen LogP) is 1.08. The van der Waals surface area contributed by atoms with Gasteiger partial charge in [0, 0.05) is 25.6 Å². The average Bonchev–Trinajstić information content (AvgIpc) is 2.48. The number of ether oxygens (including phenoxy) is 1. The van der Waals surface area contributed by atoms with Crippen LogP contribution in [0.4, 0.5) is 0 Å². The molecule has 0 aromatic rings. The van der Waals surface area contributed by atoms with E-state index < -0.39 is 10.0 Å². The van der Waals surface area contributed by atoms with E-state index in [0.29, 0.717) is 25.6 Å². The maximum absolute atomic E-state index is 12.2. The molecule has 1 rings (SSSR count). The standard InChI is InChI=1S/C14H28N2O4S/c1-4-15(5-2)13-8-10-16(11-9-13)21(18,19)12-6-7-14(17)20-3/h13H,4-12H2,1-3H3. The molecule has 1 saturated heterocycles. The van der Waals surface area contributed by atoms with E-state index in [1.165, 1.54) is 7.11 Å². The first kappa shape index (κ1) is 18.4. The van der Waals surface area contributed by atoms with Crippen LogP contribution in [-0.4, -0.2) is 68.7 Å². The molecule has 0 spiro atoms. The third-order valence-electron chi connectivity index (χ3n) is 4.16. The van der Waals surface area contributed by atoms with Gasteiger partial charge in [-0.1, -0.05) is 13.8 Å². The van der Waals surface area contributed by atoms with E-state index >= 15 is 0 Å². The Kier molecular flexibility index (Phi) is 7.62. The van der Waals surface area contributed by atoms with Crippen LogP contribution < -0.4 is 0 Å². The lowest BCUT2D eigenvalue weighted by molar-refractivity contribution is -0.140. The Balaban J connectivity index is 2.43. The second kappa shape index (κ2) is 8.70. The van der Waals surface area contributed by atoms with Crippen molar-refractivity contribution in [1.82, 2.24) is 9.21 Å². The summed E-state index contributed by atoms with van der Waals surface area (Å²) < 4.78 is 30.6. The summed E-state index contributed by atoms with van der Waals surface area (Å²) in [5.41, 5.74) is 0. The van der Waals surface area contributed by atoms with E-state index in [1.54, 1.807) is 4.31 Å². The highest BCUT2D eigenvalue weighted by molar-refractivity contribution is 7.89. The number of hydrogen-bond acceptors (Lipinski definition) is 5. The average molecular weight is 320 g/mol. The van der Waals surface area contributed by atoms with Crippen molar-refractivity contribution in [2.45, 2.75) is 45.6 Å². The van der Waals surface area contributed by atoms with Crippen LogP contribution in [0.2, 0.25) is 0 Å². The lowest BCUT2D eigenvalue weighted by Gasteiger charge is -2.37. The zero-order valence-electron chi connectivity index (χ0n) is 13.4. The highest BCUT2D eigenvalue weighted by Gasteiger charge is 2.29. The molecular weight excluding hydrogens is 292 g/mol. The Morgan fingerprint density at radius 1 is 1.24 bits per heavy atom. The van der Waals surface area contributed by atoms with Crippen LogP contribution in [0.1, 0.15) is 39.5 Å². The molecule has 1 fully saturated rings. The number of carbonyl (C=O) groups is 1. The van der Waals surface area contributed by atoms with Gasteiger partial charge in [-0.2, -0.15) is 0 Å². The Bertz CT molecular complexity index is 413. The number of sulfonamides is 1. The Hall–Kier alpha value is -0.660. The summed E-state index contributed by atoms with van der Waals surface area (Å²) in [5.74, 6) is -0.330. The van der Waals surface area contributed by atoms with Crippen molar-refractivity contribution in [3.05, 3.63) is 0 Å². The minimum atomic E-state index is -3.24. The predicted molar refractivity (Wildman–Crippen MR) is 82.6 cm³/mol. The number of carbonyl (C=O) groups excluding carboxylic acids is 1. The summed E-state index contributed by atoms with van der Waals surface area (Å²) in [7, 11) is -1.93. The van der Waals surface area contributed by atoms with E-state index in [0.717, 1.165) is 25.9 Å². The van der Waals surface area contributed by atoms with E-state index in [1.807, 2.05) is 0 Å². The Morgan fingerprint density at radius 2 is 1.81 bits per heavy atom. The van der Waals surface area contributed by atoms with Gasteiger partial charge in [-0.05, 0) is 32.4 Å². The van der Waals surface area contributed by atoms with E-state index in [-0.39, 0.29) is 18.1 Å². The Morgan fingerprint density at radius 3 is 2.29 bits per heavy atom. The van der Waals surface area contributed by atoms with Crippen molar-refractivity contribution in [2.75, 3.05) is 39.0 Å². The van der Waals surface area contributed by atoms with Crippen molar-refractivity contribution in [1.29, 1.82) is 0 Å². The van der Waals surface area contributed by atoms with Crippen LogP contribution in [0, 0.1) is 0 Å². The molecule has 6 nitrogen and oxygen atoms in total. The van der Waals surface area contributed by atoms with Gasteiger partial charge in [0.05, 0.1) is 12.9 Å². The summed E-state index contributed by atoms with van der Waals surface area (Å²) in [5, 5.41) is 0. The van der Waals surface area contributed by atoms with Gasteiger partial charge in [-0.3, -0.25) is 4.79 Å². The van der Waals surface area contributed by atoms with Crippen LogP contribution in [-0.2, 0) is 19.6 Å². The first-order chi connectivity index (χ1) is 9.94. The van der Waals surface area contributed by atoms with Gasteiger partial charge in [0.15, 0.2) is 0 Å². The highest BCUT2D eigenvalue weighted by atomic mass is 32.2. The number of esters is 1. The molecule has 1 aliphatic heterocycles. The number of nitrogens with zero attached hydrogens (tertiary/aromatic N) is 2. The van der Waals surface area contributed by atoms with E-state index in [4.69, 9.17) is 0 Å². The van der Waals surface area contributed by atoms with Crippen molar-refractivity contribution in [2.24, 2.45) is 0 Å². The molecule has 0 amide bonds. The first-order valence-corrected chi connectivity index (χ1v) is 9.34. The molecule has 1 aliphatic rings. The lowest BCUT2D eigenvalue weighted by Crippen LogP contribution is -2.47. The molecule has 0 aliphatic carbocycles. The minimum Gasteiger partial charge on any atom is -0.469 e. The largest absolute Gasteiger partial charge is 0.469 e. The molecule has 0 aromatic heterocycles. The normalized spacial score (nSPS) is 18.1. The van der Waals surface area contributed by atoms with Gasteiger partial charge in [0.2, 0.25) is 10.0 Å². The van der Waals surface area contributed by atoms with Crippen LogP contribution in [0.5, 0.6) is 0 Å². The quantitative estimate of drug-likeness (QED) is 0.626. The summed E-state index contributed by atoms with van der Waals surface area (Å²) >= 11 is 0. The number of piperidine rings is 1. The summed E-state index contributed by atoms with van der Waals surface area (Å²) in [4.78, 5) is 13.4. The fourth-order valence-corrected chi connectivity index (χ4v) is 4.39. The summed E-state index contributed by atoms with van der Waals surface area (Å²) in [6.45, 7) is 7.46. The van der Waals surface area contributed by atoms with Gasteiger partial charge in [-0.25, -0.2) is 12.7 Å². The van der Waals surface area contributed by atoms with Crippen LogP contribution in [0.3, 0.4) is 0 Å². The second-order valence-corrected chi connectivity index (χ2v) is 7.44. The lowest BCUT2D eigenvalue weighted by atomic mass is 10.1. The number of rotatable bonds is 8. The maximum atomic E-state index is 12.2. The van der Waals surface area contributed by atoms with Gasteiger partial charge >= 0.3 is 5.97 Å². The van der Waals surface area contributed by atoms with Crippen molar-refractivity contribution in [3.63, 3.8) is 0 Å². The molecule has 0 radical (unpaired) electrons. The van der Waals surface area contributed by atoms with E-state index in [2.05, 4.69) is 23.5 Å². The topological polar surface area (TPSA) is 66.9 Å². The summed E-state index contributed by atoms with van der Waals surface area (Å²) in [6, 6.07) is 0.488. The van der Waals surface area contributed by atoms with Crippen LogP contribution in [0.15, 0.2) is 0 Å². The molecule has 0 unspecified atom stereocenters. The zero-order valence-corrected chi connectivity index (χ0v) is 14.2. The molecule has 1 heterocycles. The van der Waals surface area contributed by atoms with Crippen molar-refractivity contribution in [3.8, 4) is 0 Å². The first-order valence-electron chi connectivity index (χ1n) is 7.73. The van der Waals surface area contributed by atoms with Gasteiger partial charge in [-0.15, -0.1) is 0 Å².